The lowest BCUT2D eigenvalue weighted by Gasteiger charge is -2.18. The summed E-state index contributed by atoms with van der Waals surface area (Å²) in [5.41, 5.74) is 3.37. The molecule has 1 aromatic rings. The molecule has 0 saturated carbocycles. The third-order valence-electron chi connectivity index (χ3n) is 5.04. The molecule has 1 saturated heterocycles. The van der Waals surface area contributed by atoms with E-state index in [1.54, 1.807) is 4.90 Å². The molecule has 0 bridgehead atoms. The van der Waals surface area contributed by atoms with Crippen LogP contribution in [0.2, 0.25) is 0 Å². The molecule has 0 radical (unpaired) electrons. The van der Waals surface area contributed by atoms with E-state index in [1.165, 1.54) is 11.1 Å². The highest BCUT2D eigenvalue weighted by Crippen LogP contribution is 2.27. The first-order chi connectivity index (χ1) is 12.1. The summed E-state index contributed by atoms with van der Waals surface area (Å²) >= 11 is 0. The number of hydrogen-bond donors (Lipinski definition) is 2. The van der Waals surface area contributed by atoms with Crippen molar-refractivity contribution in [1.82, 2.24) is 10.6 Å². The molecule has 2 heterocycles. The molecule has 0 spiro atoms. The average Bonchev–Trinajstić information content (AvgIpc) is 3.02. The molecule has 1 fully saturated rings. The lowest BCUT2D eigenvalue weighted by Crippen LogP contribution is -2.38. The van der Waals surface area contributed by atoms with E-state index in [-0.39, 0.29) is 11.8 Å². The highest BCUT2D eigenvalue weighted by atomic mass is 16.2. The zero-order valence-electron chi connectivity index (χ0n) is 15.0. The third-order valence-corrected chi connectivity index (χ3v) is 5.04. The normalized spacial score (nSPS) is 20.8. The maximum Gasteiger partial charge on any atom is 0.239 e. The molecule has 2 N–H and O–H groups in total. The topological polar surface area (TPSA) is 61.4 Å². The number of rotatable bonds is 5. The molecule has 1 atom stereocenters. The van der Waals surface area contributed by atoms with Gasteiger partial charge >= 0.3 is 0 Å². The molecule has 2 aliphatic rings. The van der Waals surface area contributed by atoms with Crippen LogP contribution in [0, 0.1) is 5.92 Å². The molecule has 5 heteroatoms. The number of benzene rings is 1. The van der Waals surface area contributed by atoms with Gasteiger partial charge in [-0.15, -0.1) is 0 Å². The second kappa shape index (κ2) is 7.83. The summed E-state index contributed by atoms with van der Waals surface area (Å²) in [5.74, 6) is -0.335. The van der Waals surface area contributed by atoms with Crippen molar-refractivity contribution in [3.05, 3.63) is 41.5 Å². The second-order valence-corrected chi connectivity index (χ2v) is 7.11. The highest BCUT2D eigenvalue weighted by molar-refractivity contribution is 6.09. The molecule has 1 unspecified atom stereocenters. The van der Waals surface area contributed by atoms with Crippen molar-refractivity contribution in [2.45, 2.75) is 32.6 Å². The molecule has 2 amide bonds. The summed E-state index contributed by atoms with van der Waals surface area (Å²) in [6.07, 6.45) is 3.65. The third kappa shape index (κ3) is 4.10. The lowest BCUT2D eigenvalue weighted by molar-refractivity contribution is -0.132. The van der Waals surface area contributed by atoms with E-state index in [9.17, 15) is 9.59 Å². The van der Waals surface area contributed by atoms with Gasteiger partial charge in [-0.05, 0) is 43.0 Å². The van der Waals surface area contributed by atoms with Crippen LogP contribution in [0.5, 0.6) is 0 Å². The summed E-state index contributed by atoms with van der Waals surface area (Å²) in [5, 5.41) is 6.19. The van der Waals surface area contributed by atoms with E-state index in [0.29, 0.717) is 25.4 Å². The minimum absolute atomic E-state index is 0.0888. The number of carbonyl (C=O) groups is 2. The van der Waals surface area contributed by atoms with E-state index >= 15 is 0 Å². The standard InChI is InChI=1S/C20H27N3O2/c1-14(2)16-3-5-17(6-4-16)23-12-9-18(20(23)25)19(24)22-13-15-7-10-21-11-8-15/h3-7,14,18,21H,8-13H2,1-2H3,(H,22,24). The van der Waals surface area contributed by atoms with Crippen LogP contribution in [-0.2, 0) is 9.59 Å². The lowest BCUT2D eigenvalue weighted by atomic mass is 10.0. The number of carbonyl (C=O) groups excluding carboxylic acids is 2. The van der Waals surface area contributed by atoms with Crippen LogP contribution in [-0.4, -0.2) is 38.0 Å². The fraction of sp³-hybridized carbons (Fsp3) is 0.500. The van der Waals surface area contributed by atoms with Gasteiger partial charge in [-0.2, -0.15) is 0 Å². The average molecular weight is 341 g/mol. The van der Waals surface area contributed by atoms with E-state index in [4.69, 9.17) is 0 Å². The van der Waals surface area contributed by atoms with Crippen molar-refractivity contribution in [2.24, 2.45) is 5.92 Å². The van der Waals surface area contributed by atoms with Crippen molar-refractivity contribution in [3.8, 4) is 0 Å². The molecular weight excluding hydrogens is 314 g/mol. The van der Waals surface area contributed by atoms with Crippen LogP contribution in [0.15, 0.2) is 35.9 Å². The van der Waals surface area contributed by atoms with Crippen LogP contribution in [0.1, 0.15) is 38.2 Å². The van der Waals surface area contributed by atoms with E-state index in [2.05, 4.69) is 42.7 Å². The minimum Gasteiger partial charge on any atom is -0.352 e. The SMILES string of the molecule is CC(C)c1ccc(N2CCC(C(=O)NCC3=CCNCC3)C2=O)cc1. The molecule has 2 aliphatic heterocycles. The zero-order chi connectivity index (χ0) is 17.8. The first-order valence-electron chi connectivity index (χ1n) is 9.14. The molecule has 1 aromatic carbocycles. The van der Waals surface area contributed by atoms with Crippen molar-refractivity contribution in [3.63, 3.8) is 0 Å². The Morgan fingerprint density at radius 2 is 2.08 bits per heavy atom. The number of anilines is 1. The predicted octanol–water partition coefficient (Wildman–Crippen LogP) is 2.20. The number of nitrogens with one attached hydrogen (secondary N) is 2. The Morgan fingerprint density at radius 3 is 2.72 bits per heavy atom. The predicted molar refractivity (Wildman–Crippen MR) is 99.6 cm³/mol. The van der Waals surface area contributed by atoms with E-state index in [1.807, 2.05) is 12.1 Å². The molecular formula is C20H27N3O2. The van der Waals surface area contributed by atoms with Gasteiger partial charge < -0.3 is 15.5 Å². The number of nitrogens with zero attached hydrogens (tertiary/aromatic N) is 1. The Hall–Kier alpha value is -2.14. The van der Waals surface area contributed by atoms with Gasteiger partial charge in [0, 0.05) is 25.3 Å². The van der Waals surface area contributed by atoms with Crippen molar-refractivity contribution in [2.75, 3.05) is 31.1 Å². The van der Waals surface area contributed by atoms with Crippen LogP contribution in [0.4, 0.5) is 5.69 Å². The van der Waals surface area contributed by atoms with Gasteiger partial charge in [-0.25, -0.2) is 0 Å². The maximum absolute atomic E-state index is 12.7. The smallest absolute Gasteiger partial charge is 0.239 e. The first kappa shape index (κ1) is 17.7. The van der Waals surface area contributed by atoms with Crippen LogP contribution >= 0.6 is 0 Å². The second-order valence-electron chi connectivity index (χ2n) is 7.11. The van der Waals surface area contributed by atoms with Gasteiger partial charge in [0.15, 0.2) is 0 Å². The summed E-state index contributed by atoms with van der Waals surface area (Å²) in [6.45, 7) is 7.25. The Kier molecular flexibility index (Phi) is 5.53. The van der Waals surface area contributed by atoms with E-state index in [0.717, 1.165) is 25.2 Å². The molecule has 0 aromatic heterocycles. The van der Waals surface area contributed by atoms with Gasteiger partial charge in [0.2, 0.25) is 11.8 Å². The van der Waals surface area contributed by atoms with Crippen LogP contribution in [0.3, 0.4) is 0 Å². The number of hydrogen-bond acceptors (Lipinski definition) is 3. The molecule has 5 nitrogen and oxygen atoms in total. The molecule has 3 rings (SSSR count). The molecule has 25 heavy (non-hydrogen) atoms. The van der Waals surface area contributed by atoms with Crippen molar-refractivity contribution in [1.29, 1.82) is 0 Å². The Bertz CT molecular complexity index is 664. The van der Waals surface area contributed by atoms with Crippen LogP contribution < -0.4 is 15.5 Å². The number of amides is 2. The largest absolute Gasteiger partial charge is 0.352 e. The quantitative estimate of drug-likeness (QED) is 0.637. The fourth-order valence-corrected chi connectivity index (χ4v) is 3.37. The highest BCUT2D eigenvalue weighted by Gasteiger charge is 2.37. The van der Waals surface area contributed by atoms with Gasteiger partial charge in [0.25, 0.3) is 0 Å². The van der Waals surface area contributed by atoms with Gasteiger partial charge in [0.1, 0.15) is 5.92 Å². The Balaban J connectivity index is 1.59. The summed E-state index contributed by atoms with van der Waals surface area (Å²) < 4.78 is 0. The van der Waals surface area contributed by atoms with Crippen molar-refractivity contribution < 1.29 is 9.59 Å². The maximum atomic E-state index is 12.7. The monoisotopic (exact) mass is 341 g/mol. The minimum atomic E-state index is -0.563. The molecule has 134 valence electrons. The van der Waals surface area contributed by atoms with E-state index < -0.39 is 5.92 Å². The zero-order valence-corrected chi connectivity index (χ0v) is 15.0. The van der Waals surface area contributed by atoms with Gasteiger partial charge in [-0.1, -0.05) is 37.6 Å². The van der Waals surface area contributed by atoms with Crippen molar-refractivity contribution >= 4 is 17.5 Å². The fourth-order valence-electron chi connectivity index (χ4n) is 3.37. The summed E-state index contributed by atoms with van der Waals surface area (Å²) in [4.78, 5) is 26.8. The van der Waals surface area contributed by atoms with Crippen LogP contribution in [0.25, 0.3) is 0 Å². The van der Waals surface area contributed by atoms with Gasteiger partial charge in [0.05, 0.1) is 0 Å². The first-order valence-corrected chi connectivity index (χ1v) is 9.14. The Labute approximate surface area is 149 Å². The summed E-state index contributed by atoms with van der Waals surface area (Å²) in [6, 6.07) is 8.08. The molecule has 0 aliphatic carbocycles. The Morgan fingerprint density at radius 1 is 1.32 bits per heavy atom. The summed E-state index contributed by atoms with van der Waals surface area (Å²) in [7, 11) is 0. The van der Waals surface area contributed by atoms with Gasteiger partial charge in [-0.3, -0.25) is 9.59 Å².